The van der Waals surface area contributed by atoms with Gasteiger partial charge in [-0.1, -0.05) is 19.1 Å². The van der Waals surface area contributed by atoms with Crippen LogP contribution in [0.15, 0.2) is 24.3 Å². The highest BCUT2D eigenvalue weighted by Gasteiger charge is 2.23. The molecule has 1 aromatic rings. The van der Waals surface area contributed by atoms with E-state index in [1.165, 1.54) is 17.0 Å². The number of aliphatic carboxylic acids is 1. The van der Waals surface area contributed by atoms with Gasteiger partial charge in [-0.2, -0.15) is 0 Å². The van der Waals surface area contributed by atoms with Crippen LogP contribution in [0.5, 0.6) is 0 Å². The molecule has 0 saturated carbocycles. The van der Waals surface area contributed by atoms with Crippen LogP contribution in [-0.2, 0) is 9.59 Å². The highest BCUT2D eigenvalue weighted by atomic mass is 19.1. The van der Waals surface area contributed by atoms with Gasteiger partial charge in [0, 0.05) is 13.1 Å². The van der Waals surface area contributed by atoms with Crippen LogP contribution in [0.1, 0.15) is 38.2 Å². The van der Waals surface area contributed by atoms with E-state index in [0.717, 1.165) is 5.56 Å². The van der Waals surface area contributed by atoms with Gasteiger partial charge in [0.1, 0.15) is 5.82 Å². The molecule has 0 aliphatic heterocycles. The summed E-state index contributed by atoms with van der Waals surface area (Å²) in [5.74, 6) is -1.73. The topological polar surface area (TPSA) is 57.6 Å². The lowest BCUT2D eigenvalue weighted by molar-refractivity contribution is -0.138. The van der Waals surface area contributed by atoms with Crippen molar-refractivity contribution in [1.29, 1.82) is 0 Å². The Labute approximate surface area is 118 Å². The van der Waals surface area contributed by atoms with Crippen molar-refractivity contribution in [1.82, 2.24) is 4.90 Å². The minimum Gasteiger partial charge on any atom is -0.481 e. The summed E-state index contributed by atoms with van der Waals surface area (Å²) in [4.78, 5) is 24.6. The van der Waals surface area contributed by atoms with E-state index >= 15 is 0 Å². The molecule has 0 saturated heterocycles. The first kappa shape index (κ1) is 16.1. The van der Waals surface area contributed by atoms with Crippen molar-refractivity contribution >= 4 is 11.9 Å². The summed E-state index contributed by atoms with van der Waals surface area (Å²) in [5, 5.41) is 8.70. The summed E-state index contributed by atoms with van der Waals surface area (Å²) in [7, 11) is 0. The van der Waals surface area contributed by atoms with Gasteiger partial charge in [-0.25, -0.2) is 4.39 Å². The van der Waals surface area contributed by atoms with E-state index in [9.17, 15) is 14.0 Å². The summed E-state index contributed by atoms with van der Waals surface area (Å²) < 4.78 is 12.9. The van der Waals surface area contributed by atoms with Gasteiger partial charge in [-0.15, -0.1) is 0 Å². The van der Waals surface area contributed by atoms with Gasteiger partial charge < -0.3 is 10.0 Å². The maximum Gasteiger partial charge on any atom is 0.305 e. The molecule has 4 nitrogen and oxygen atoms in total. The molecule has 0 fully saturated rings. The van der Waals surface area contributed by atoms with Crippen LogP contribution < -0.4 is 0 Å². The molecule has 5 heteroatoms. The van der Waals surface area contributed by atoms with Gasteiger partial charge in [0.2, 0.25) is 5.91 Å². The predicted octanol–water partition coefficient (Wildman–Crippen LogP) is 2.64. The van der Waals surface area contributed by atoms with Crippen molar-refractivity contribution in [2.75, 3.05) is 13.1 Å². The lowest BCUT2D eigenvalue weighted by Gasteiger charge is -2.25. The molecule has 0 radical (unpaired) electrons. The predicted molar refractivity (Wildman–Crippen MR) is 73.9 cm³/mol. The monoisotopic (exact) mass is 281 g/mol. The molecule has 20 heavy (non-hydrogen) atoms. The fourth-order valence-electron chi connectivity index (χ4n) is 2.12. The zero-order valence-electron chi connectivity index (χ0n) is 11.8. The van der Waals surface area contributed by atoms with Gasteiger partial charge in [-0.3, -0.25) is 9.59 Å². The molecule has 1 atom stereocenters. The second-order valence-electron chi connectivity index (χ2n) is 4.57. The number of rotatable bonds is 7. The van der Waals surface area contributed by atoms with Crippen molar-refractivity contribution in [2.45, 2.75) is 32.6 Å². The Kier molecular flexibility index (Phi) is 6.15. The lowest BCUT2D eigenvalue weighted by atomic mass is 9.95. The minimum atomic E-state index is -0.925. The largest absolute Gasteiger partial charge is 0.481 e. The van der Waals surface area contributed by atoms with E-state index in [1.807, 2.05) is 13.8 Å². The number of carboxylic acids is 1. The number of carbonyl (C=O) groups excluding carboxylic acids is 1. The molecule has 0 aliphatic carbocycles. The van der Waals surface area contributed by atoms with Crippen LogP contribution in [0.3, 0.4) is 0 Å². The molecule has 110 valence electrons. The SMILES string of the molecule is CCC(C(=O)N(CC)CCC(=O)O)c1ccc(F)cc1. The van der Waals surface area contributed by atoms with E-state index in [2.05, 4.69) is 0 Å². The zero-order chi connectivity index (χ0) is 15.1. The molecule has 0 aliphatic rings. The average molecular weight is 281 g/mol. The first-order chi connectivity index (χ1) is 9.49. The van der Waals surface area contributed by atoms with Gasteiger partial charge in [-0.05, 0) is 31.0 Å². The summed E-state index contributed by atoms with van der Waals surface area (Å²) in [6.07, 6.45) is 0.521. The number of carbonyl (C=O) groups is 2. The van der Waals surface area contributed by atoms with Crippen LogP contribution in [0.2, 0.25) is 0 Å². The highest BCUT2D eigenvalue weighted by Crippen LogP contribution is 2.22. The Morgan fingerprint density at radius 3 is 2.30 bits per heavy atom. The van der Waals surface area contributed by atoms with Crippen molar-refractivity contribution in [2.24, 2.45) is 0 Å². The molecule has 1 N–H and O–H groups in total. The van der Waals surface area contributed by atoms with Crippen LogP contribution in [-0.4, -0.2) is 35.0 Å². The molecule has 0 aromatic heterocycles. The van der Waals surface area contributed by atoms with Crippen molar-refractivity contribution < 1.29 is 19.1 Å². The molecule has 0 spiro atoms. The smallest absolute Gasteiger partial charge is 0.305 e. The van der Waals surface area contributed by atoms with Gasteiger partial charge in [0.05, 0.1) is 12.3 Å². The van der Waals surface area contributed by atoms with Crippen LogP contribution in [0.25, 0.3) is 0 Å². The number of hydrogen-bond acceptors (Lipinski definition) is 2. The van der Waals surface area contributed by atoms with Gasteiger partial charge in [0.25, 0.3) is 0 Å². The van der Waals surface area contributed by atoms with Crippen molar-refractivity contribution in [3.63, 3.8) is 0 Å². The zero-order valence-corrected chi connectivity index (χ0v) is 11.8. The number of benzene rings is 1. The van der Waals surface area contributed by atoms with E-state index in [1.54, 1.807) is 12.1 Å². The summed E-state index contributed by atoms with van der Waals surface area (Å²) in [5.41, 5.74) is 0.757. The second-order valence-corrected chi connectivity index (χ2v) is 4.57. The molecular weight excluding hydrogens is 261 g/mol. The van der Waals surface area contributed by atoms with Crippen LogP contribution >= 0.6 is 0 Å². The first-order valence-electron chi connectivity index (χ1n) is 6.75. The van der Waals surface area contributed by atoms with Gasteiger partial charge in [0.15, 0.2) is 0 Å². The Morgan fingerprint density at radius 2 is 1.85 bits per heavy atom. The fourth-order valence-corrected chi connectivity index (χ4v) is 2.12. The average Bonchev–Trinajstić information content (AvgIpc) is 2.42. The minimum absolute atomic E-state index is 0.0700. The Bertz CT molecular complexity index is 459. The molecule has 1 unspecified atom stereocenters. The third kappa shape index (κ3) is 4.33. The van der Waals surface area contributed by atoms with E-state index in [0.29, 0.717) is 13.0 Å². The molecular formula is C15H20FNO3. The number of hydrogen-bond donors (Lipinski definition) is 1. The quantitative estimate of drug-likeness (QED) is 0.836. The van der Waals surface area contributed by atoms with E-state index in [4.69, 9.17) is 5.11 Å². The fraction of sp³-hybridized carbons (Fsp3) is 0.467. The summed E-state index contributed by atoms with van der Waals surface area (Å²) in [6, 6.07) is 5.87. The second kappa shape index (κ2) is 7.62. The first-order valence-corrected chi connectivity index (χ1v) is 6.75. The number of nitrogens with zero attached hydrogens (tertiary/aromatic N) is 1. The van der Waals surface area contributed by atoms with E-state index < -0.39 is 5.97 Å². The Morgan fingerprint density at radius 1 is 1.25 bits per heavy atom. The normalized spacial score (nSPS) is 11.9. The number of carboxylic acid groups (broad SMARTS) is 1. The van der Waals surface area contributed by atoms with E-state index in [-0.39, 0.29) is 30.6 Å². The summed E-state index contributed by atoms with van der Waals surface area (Å²) >= 11 is 0. The lowest BCUT2D eigenvalue weighted by Crippen LogP contribution is -2.36. The standard InChI is InChI=1S/C15H20FNO3/c1-3-13(11-5-7-12(16)8-6-11)15(20)17(4-2)10-9-14(18)19/h5-8,13H,3-4,9-10H2,1-2H3,(H,18,19). The van der Waals surface area contributed by atoms with Crippen molar-refractivity contribution in [3.8, 4) is 0 Å². The molecule has 1 rings (SSSR count). The number of halogens is 1. The molecule has 1 amide bonds. The Balaban J connectivity index is 2.83. The molecule has 0 heterocycles. The number of amides is 1. The molecule has 0 bridgehead atoms. The number of likely N-dealkylation sites (N-methyl/N-ethyl adjacent to an activating group) is 1. The maximum atomic E-state index is 12.9. The molecule has 1 aromatic carbocycles. The van der Waals surface area contributed by atoms with Crippen LogP contribution in [0.4, 0.5) is 4.39 Å². The highest BCUT2D eigenvalue weighted by molar-refractivity contribution is 5.84. The third-order valence-electron chi connectivity index (χ3n) is 3.27. The maximum absolute atomic E-state index is 12.9. The third-order valence-corrected chi connectivity index (χ3v) is 3.27. The van der Waals surface area contributed by atoms with Crippen molar-refractivity contribution in [3.05, 3.63) is 35.6 Å². The van der Waals surface area contributed by atoms with Crippen LogP contribution in [0, 0.1) is 5.82 Å². The summed E-state index contributed by atoms with van der Waals surface area (Å²) in [6.45, 7) is 4.36. The van der Waals surface area contributed by atoms with Gasteiger partial charge >= 0.3 is 5.97 Å². The Hall–Kier alpha value is -1.91.